The molecule has 0 radical (unpaired) electrons. The van der Waals surface area contributed by atoms with Gasteiger partial charge < -0.3 is 10.2 Å². The fourth-order valence-corrected chi connectivity index (χ4v) is 2.97. The summed E-state index contributed by atoms with van der Waals surface area (Å²) in [6.07, 6.45) is 0. The van der Waals surface area contributed by atoms with E-state index in [4.69, 9.17) is 11.6 Å². The second kappa shape index (κ2) is 5.38. The fraction of sp³-hybridized carbons (Fsp3) is 0.200. The summed E-state index contributed by atoms with van der Waals surface area (Å²) in [5, 5.41) is 11.3. The van der Waals surface area contributed by atoms with Crippen LogP contribution in [-0.4, -0.2) is 20.4 Å². The predicted molar refractivity (Wildman–Crippen MR) is 84.7 cm³/mol. The molecule has 0 fully saturated rings. The zero-order chi connectivity index (χ0) is 15.9. The molecule has 2 aromatic heterocycles. The van der Waals surface area contributed by atoms with Crippen molar-refractivity contribution in [3.63, 3.8) is 0 Å². The van der Waals surface area contributed by atoms with Gasteiger partial charge in [0.2, 0.25) is 0 Å². The maximum absolute atomic E-state index is 12.2. The highest BCUT2D eigenvalue weighted by Gasteiger charge is 2.27. The average molecular weight is 319 g/mol. The molecular formula is C15H15ClN4O2. The number of aromatic amines is 4. The molecule has 0 atom stereocenters. The van der Waals surface area contributed by atoms with E-state index in [9.17, 15) is 9.59 Å². The van der Waals surface area contributed by atoms with E-state index in [1.54, 1.807) is 32.0 Å². The van der Waals surface area contributed by atoms with E-state index in [1.807, 2.05) is 6.07 Å². The molecule has 0 bridgehead atoms. The van der Waals surface area contributed by atoms with Crippen LogP contribution in [0.4, 0.5) is 0 Å². The Morgan fingerprint density at radius 2 is 1.45 bits per heavy atom. The third-order valence-electron chi connectivity index (χ3n) is 3.78. The lowest BCUT2D eigenvalue weighted by Crippen LogP contribution is -2.20. The minimum absolute atomic E-state index is 0.248. The van der Waals surface area contributed by atoms with Crippen LogP contribution >= 0.6 is 11.6 Å². The number of hydrogen-bond acceptors (Lipinski definition) is 2. The van der Waals surface area contributed by atoms with Crippen molar-refractivity contribution in [1.29, 1.82) is 0 Å². The maximum atomic E-state index is 12.2. The van der Waals surface area contributed by atoms with Gasteiger partial charge in [0.05, 0.1) is 11.1 Å². The molecule has 0 unspecified atom stereocenters. The Morgan fingerprint density at radius 3 is 1.86 bits per heavy atom. The molecule has 1 aromatic carbocycles. The molecule has 0 aliphatic rings. The number of aryl methyl sites for hydroxylation is 2. The Balaban J connectivity index is 2.33. The molecule has 0 spiro atoms. The minimum atomic E-state index is -0.497. The van der Waals surface area contributed by atoms with E-state index >= 15 is 0 Å². The van der Waals surface area contributed by atoms with Gasteiger partial charge in [-0.2, -0.15) is 0 Å². The van der Waals surface area contributed by atoms with Gasteiger partial charge in [0.1, 0.15) is 0 Å². The molecule has 22 heavy (non-hydrogen) atoms. The highest BCUT2D eigenvalue weighted by atomic mass is 35.5. The van der Waals surface area contributed by atoms with Crippen molar-refractivity contribution in [2.75, 3.05) is 0 Å². The molecule has 3 aromatic rings. The summed E-state index contributed by atoms with van der Waals surface area (Å²) in [5.74, 6) is -0.497. The normalized spacial score (nSPS) is 11.3. The second-order valence-corrected chi connectivity index (χ2v) is 5.66. The van der Waals surface area contributed by atoms with Crippen LogP contribution < -0.4 is 11.1 Å². The minimum Gasteiger partial charge on any atom is -0.302 e. The van der Waals surface area contributed by atoms with E-state index in [1.165, 1.54) is 0 Å². The average Bonchev–Trinajstić information content (AvgIpc) is 2.97. The third-order valence-corrected chi connectivity index (χ3v) is 4.02. The largest absolute Gasteiger partial charge is 0.302 e. The van der Waals surface area contributed by atoms with Gasteiger partial charge in [-0.15, -0.1) is 0 Å². The number of halogens is 1. The number of H-pyrrole nitrogens is 4. The Labute approximate surface area is 130 Å². The van der Waals surface area contributed by atoms with Gasteiger partial charge >= 0.3 is 0 Å². The van der Waals surface area contributed by atoms with E-state index < -0.39 is 5.92 Å². The summed E-state index contributed by atoms with van der Waals surface area (Å²) >= 11 is 6.08. The van der Waals surface area contributed by atoms with Crippen molar-refractivity contribution in [2.45, 2.75) is 19.8 Å². The van der Waals surface area contributed by atoms with Crippen LogP contribution in [0.2, 0.25) is 5.02 Å². The van der Waals surface area contributed by atoms with Crippen LogP contribution in [0.15, 0.2) is 33.9 Å². The zero-order valence-electron chi connectivity index (χ0n) is 12.1. The zero-order valence-corrected chi connectivity index (χ0v) is 12.8. The first-order valence-corrected chi connectivity index (χ1v) is 7.16. The van der Waals surface area contributed by atoms with Crippen LogP contribution in [0.25, 0.3) is 0 Å². The number of rotatable bonds is 3. The van der Waals surface area contributed by atoms with Crippen LogP contribution in [0.3, 0.4) is 0 Å². The molecule has 0 aliphatic carbocycles. The number of aromatic nitrogens is 4. The molecule has 4 N–H and O–H groups in total. The molecule has 114 valence electrons. The second-order valence-electron chi connectivity index (χ2n) is 5.22. The van der Waals surface area contributed by atoms with Crippen molar-refractivity contribution in [2.24, 2.45) is 0 Å². The van der Waals surface area contributed by atoms with Crippen molar-refractivity contribution in [1.82, 2.24) is 20.4 Å². The Hall–Kier alpha value is -2.47. The first-order valence-electron chi connectivity index (χ1n) is 6.78. The summed E-state index contributed by atoms with van der Waals surface area (Å²) in [6.45, 7) is 3.59. The highest BCUT2D eigenvalue weighted by molar-refractivity contribution is 6.30. The van der Waals surface area contributed by atoms with Crippen molar-refractivity contribution < 1.29 is 0 Å². The van der Waals surface area contributed by atoms with Gasteiger partial charge in [-0.25, -0.2) is 0 Å². The van der Waals surface area contributed by atoms with Crippen LogP contribution in [-0.2, 0) is 0 Å². The fourth-order valence-electron chi connectivity index (χ4n) is 2.77. The molecule has 6 nitrogen and oxygen atoms in total. The van der Waals surface area contributed by atoms with Crippen LogP contribution in [0, 0.1) is 13.8 Å². The monoisotopic (exact) mass is 318 g/mol. The van der Waals surface area contributed by atoms with Gasteiger partial charge in [-0.05, 0) is 31.5 Å². The van der Waals surface area contributed by atoms with Gasteiger partial charge in [0.15, 0.2) is 0 Å². The molecule has 0 saturated heterocycles. The Morgan fingerprint density at radius 1 is 0.909 bits per heavy atom. The molecule has 3 rings (SSSR count). The van der Waals surface area contributed by atoms with Crippen molar-refractivity contribution in [3.8, 4) is 0 Å². The lowest BCUT2D eigenvalue weighted by Gasteiger charge is -2.16. The van der Waals surface area contributed by atoms with E-state index in [0.717, 1.165) is 5.56 Å². The number of hydrogen-bond donors (Lipinski definition) is 4. The Bertz CT molecular complexity index is 877. The van der Waals surface area contributed by atoms with Crippen molar-refractivity contribution in [3.05, 3.63) is 78.1 Å². The molecule has 0 saturated carbocycles. The lowest BCUT2D eigenvalue weighted by atomic mass is 9.85. The SMILES string of the molecule is Cc1[nH][nH]c(=O)c1C(c1cccc(Cl)c1)c1c(C)[nH][nH]c1=O. The van der Waals surface area contributed by atoms with E-state index in [2.05, 4.69) is 20.4 Å². The highest BCUT2D eigenvalue weighted by Crippen LogP contribution is 2.31. The molecular weight excluding hydrogens is 304 g/mol. The molecule has 0 aliphatic heterocycles. The lowest BCUT2D eigenvalue weighted by molar-refractivity contribution is 0.931. The number of nitrogens with one attached hydrogen (secondary N) is 4. The quantitative estimate of drug-likeness (QED) is 0.595. The number of benzene rings is 1. The maximum Gasteiger partial charge on any atom is 0.268 e. The smallest absolute Gasteiger partial charge is 0.268 e. The van der Waals surface area contributed by atoms with Crippen molar-refractivity contribution >= 4 is 11.6 Å². The van der Waals surface area contributed by atoms with E-state index in [0.29, 0.717) is 27.5 Å². The molecule has 7 heteroatoms. The van der Waals surface area contributed by atoms with Gasteiger partial charge in [-0.3, -0.25) is 19.8 Å². The van der Waals surface area contributed by atoms with Gasteiger partial charge in [-0.1, -0.05) is 23.7 Å². The van der Waals surface area contributed by atoms with Gasteiger partial charge in [0, 0.05) is 22.3 Å². The summed E-state index contributed by atoms with van der Waals surface area (Å²) in [5.41, 5.74) is 2.69. The third kappa shape index (κ3) is 2.31. The summed E-state index contributed by atoms with van der Waals surface area (Å²) in [6, 6.07) is 7.18. The standard InChI is InChI=1S/C15H15ClN4O2/c1-7-11(14(21)19-17-7)13(9-4-3-5-10(16)6-9)12-8(2)18-20-15(12)22/h3-6,13H,1-2H3,(H2,17,19,21)(H2,18,20,22). The van der Waals surface area contributed by atoms with E-state index in [-0.39, 0.29) is 11.1 Å². The summed E-state index contributed by atoms with van der Waals surface area (Å²) < 4.78 is 0. The molecule has 0 amide bonds. The first kappa shape index (κ1) is 14.5. The Kier molecular flexibility index (Phi) is 3.54. The van der Waals surface area contributed by atoms with Crippen LogP contribution in [0.1, 0.15) is 34.0 Å². The van der Waals surface area contributed by atoms with Gasteiger partial charge in [0.25, 0.3) is 11.1 Å². The first-order chi connectivity index (χ1) is 10.5. The van der Waals surface area contributed by atoms with Crippen LogP contribution in [0.5, 0.6) is 0 Å². The summed E-state index contributed by atoms with van der Waals surface area (Å²) in [7, 11) is 0. The topological polar surface area (TPSA) is 97.3 Å². The molecule has 2 heterocycles. The summed E-state index contributed by atoms with van der Waals surface area (Å²) in [4.78, 5) is 24.4. The predicted octanol–water partition coefficient (Wildman–Crippen LogP) is 2.17.